The van der Waals surface area contributed by atoms with Crippen LogP contribution in [-0.4, -0.2) is 27.1 Å². The summed E-state index contributed by atoms with van der Waals surface area (Å²) in [7, 11) is -8.68. The van der Waals surface area contributed by atoms with Gasteiger partial charge in [-0.05, 0) is 36.8 Å². The summed E-state index contributed by atoms with van der Waals surface area (Å²) in [6.45, 7) is 1.05. The molecule has 0 aliphatic rings. The van der Waals surface area contributed by atoms with Crippen molar-refractivity contribution in [1.82, 2.24) is 3.71 Å². The number of sulfonamides is 2. The first-order chi connectivity index (χ1) is 12.3. The number of rotatable bonds is 6. The molecule has 2 rings (SSSR count). The third-order valence-corrected chi connectivity index (χ3v) is 7.61. The van der Waals surface area contributed by atoms with Gasteiger partial charge in [-0.2, -0.15) is 5.26 Å². The summed E-state index contributed by atoms with van der Waals surface area (Å²) < 4.78 is 52.4. The van der Waals surface area contributed by atoms with E-state index in [1.165, 1.54) is 55.5 Å². The van der Waals surface area contributed by atoms with Gasteiger partial charge in [-0.3, -0.25) is 0 Å². The van der Waals surface area contributed by atoms with E-state index >= 15 is 0 Å². The molecular formula is C18H16N2O4S2. The van der Waals surface area contributed by atoms with Crippen LogP contribution in [0.5, 0.6) is 0 Å². The molecular weight excluding hydrogens is 372 g/mol. The molecule has 0 heterocycles. The Morgan fingerprint density at radius 1 is 0.923 bits per heavy atom. The molecule has 2 aromatic rings. The maximum Gasteiger partial charge on any atom is 0.256 e. The molecule has 0 radical (unpaired) electrons. The van der Waals surface area contributed by atoms with Gasteiger partial charge in [0, 0.05) is 0 Å². The summed E-state index contributed by atoms with van der Waals surface area (Å²) in [5.74, 6) is 0. The molecule has 0 aromatic heterocycles. The van der Waals surface area contributed by atoms with Gasteiger partial charge in [-0.1, -0.05) is 40.1 Å². The highest BCUT2D eigenvalue weighted by molar-refractivity contribution is 8.04. The van der Waals surface area contributed by atoms with E-state index in [9.17, 15) is 16.8 Å². The van der Waals surface area contributed by atoms with Crippen LogP contribution in [0, 0.1) is 11.3 Å². The maximum atomic E-state index is 13.0. The highest BCUT2D eigenvalue weighted by Gasteiger charge is 2.36. The molecule has 2 aromatic carbocycles. The van der Waals surface area contributed by atoms with E-state index in [0.29, 0.717) is 3.71 Å². The minimum atomic E-state index is -4.34. The molecule has 26 heavy (non-hydrogen) atoms. The van der Waals surface area contributed by atoms with Crippen LogP contribution in [0.15, 0.2) is 87.8 Å². The van der Waals surface area contributed by atoms with Crippen molar-refractivity contribution in [3.63, 3.8) is 0 Å². The molecule has 0 saturated carbocycles. The summed E-state index contributed by atoms with van der Waals surface area (Å²) in [5.41, 5.74) is 2.85. The minimum Gasteiger partial charge on any atom is -0.206 e. The van der Waals surface area contributed by atoms with Gasteiger partial charge in [0.1, 0.15) is 0 Å². The molecule has 134 valence electrons. The average Bonchev–Trinajstić information content (AvgIpc) is 2.65. The first-order valence-corrected chi connectivity index (χ1v) is 10.4. The van der Waals surface area contributed by atoms with Gasteiger partial charge in [0.15, 0.2) is 0 Å². The zero-order valence-corrected chi connectivity index (χ0v) is 15.5. The predicted molar refractivity (Wildman–Crippen MR) is 96.8 cm³/mol. The van der Waals surface area contributed by atoms with E-state index in [1.807, 2.05) is 0 Å². The summed E-state index contributed by atoms with van der Waals surface area (Å²) >= 11 is 0. The van der Waals surface area contributed by atoms with Gasteiger partial charge in [0.05, 0.1) is 28.5 Å². The van der Waals surface area contributed by atoms with Gasteiger partial charge >= 0.3 is 0 Å². The molecule has 0 saturated heterocycles. The van der Waals surface area contributed by atoms with Gasteiger partial charge in [0.2, 0.25) is 0 Å². The predicted octanol–water partition coefficient (Wildman–Crippen LogP) is 2.69. The normalized spacial score (nSPS) is 11.4. The summed E-state index contributed by atoms with van der Waals surface area (Å²) in [6, 6.07) is 16.4. The van der Waals surface area contributed by atoms with Crippen LogP contribution in [0.2, 0.25) is 0 Å². The van der Waals surface area contributed by atoms with E-state index in [4.69, 9.17) is 5.26 Å². The fourth-order valence-electron chi connectivity index (χ4n) is 2.11. The topological polar surface area (TPSA) is 95.3 Å². The van der Waals surface area contributed by atoms with Crippen LogP contribution < -0.4 is 0 Å². The lowest BCUT2D eigenvalue weighted by Gasteiger charge is -2.22. The number of hydrogen-bond acceptors (Lipinski definition) is 5. The third-order valence-electron chi connectivity index (χ3n) is 3.37. The molecule has 0 spiro atoms. The quantitative estimate of drug-likeness (QED) is 0.560. The molecule has 0 aliphatic carbocycles. The fourth-order valence-corrected chi connectivity index (χ4v) is 5.86. The van der Waals surface area contributed by atoms with Crippen LogP contribution in [-0.2, 0) is 20.0 Å². The van der Waals surface area contributed by atoms with Crippen LogP contribution in [0.25, 0.3) is 0 Å². The Morgan fingerprint density at radius 2 is 1.35 bits per heavy atom. The van der Waals surface area contributed by atoms with Crippen molar-refractivity contribution >= 4 is 20.0 Å². The molecule has 0 bridgehead atoms. The molecule has 6 nitrogen and oxygen atoms in total. The Morgan fingerprint density at radius 3 is 1.73 bits per heavy atom. The van der Waals surface area contributed by atoms with Crippen molar-refractivity contribution in [3.8, 4) is 6.07 Å². The van der Waals surface area contributed by atoms with Crippen LogP contribution in [0.3, 0.4) is 0 Å². The first-order valence-electron chi connectivity index (χ1n) is 7.48. The minimum absolute atomic E-state index is 0.142. The molecule has 0 fully saturated rings. The van der Waals surface area contributed by atoms with Crippen molar-refractivity contribution in [2.75, 3.05) is 6.54 Å². The first kappa shape index (κ1) is 19.6. The second-order valence-corrected chi connectivity index (χ2v) is 9.22. The Kier molecular flexibility index (Phi) is 6.14. The van der Waals surface area contributed by atoms with Crippen molar-refractivity contribution in [2.24, 2.45) is 0 Å². The second-order valence-electron chi connectivity index (χ2n) is 5.27. The lowest BCUT2D eigenvalue weighted by atomic mass is 10.3. The average molecular weight is 388 g/mol. The fraction of sp³-hybridized carbons (Fsp3) is 0.111. The molecule has 0 unspecified atom stereocenters. The van der Waals surface area contributed by atoms with Crippen LogP contribution >= 0.6 is 0 Å². The Labute approximate surface area is 153 Å². The van der Waals surface area contributed by atoms with Gasteiger partial charge in [-0.15, -0.1) is 5.73 Å². The van der Waals surface area contributed by atoms with E-state index in [1.54, 1.807) is 18.2 Å². The number of nitrogens with zero attached hydrogens (tertiary/aromatic N) is 2. The Balaban J connectivity index is 2.64. The summed E-state index contributed by atoms with van der Waals surface area (Å²) in [4.78, 5) is -0.284. The zero-order chi connectivity index (χ0) is 19.2. The van der Waals surface area contributed by atoms with Crippen molar-refractivity contribution in [3.05, 3.63) is 78.0 Å². The number of hydrogen-bond donors (Lipinski definition) is 0. The molecule has 0 aliphatic heterocycles. The summed E-state index contributed by atoms with van der Waals surface area (Å²) in [6.07, 6.45) is 1.04. The lowest BCUT2D eigenvalue weighted by molar-refractivity contribution is 0.510. The second kappa shape index (κ2) is 8.13. The van der Waals surface area contributed by atoms with Gasteiger partial charge in [0.25, 0.3) is 20.0 Å². The van der Waals surface area contributed by atoms with E-state index in [2.05, 4.69) is 5.73 Å². The molecule has 0 atom stereocenters. The van der Waals surface area contributed by atoms with Gasteiger partial charge in [-0.25, -0.2) is 16.8 Å². The van der Waals surface area contributed by atoms with Gasteiger partial charge < -0.3 is 0 Å². The van der Waals surface area contributed by atoms with E-state index in [-0.39, 0.29) is 15.4 Å². The lowest BCUT2D eigenvalue weighted by Crippen LogP contribution is -2.38. The van der Waals surface area contributed by atoms with Crippen LogP contribution in [0.4, 0.5) is 0 Å². The van der Waals surface area contributed by atoms with Crippen molar-refractivity contribution in [2.45, 2.75) is 16.7 Å². The van der Waals surface area contributed by atoms with E-state index < -0.39 is 26.6 Å². The maximum absolute atomic E-state index is 13.0. The standard InChI is InChI=1S/C18H16N2O4S2/c1-16(9-8-14-19)15-20(25(21,22)17-10-4-2-5-11-17)26(23,24)18-12-6-3-7-13-18/h2-8,10-13H,15H2,1H3. The smallest absolute Gasteiger partial charge is 0.206 e. The summed E-state index contributed by atoms with van der Waals surface area (Å²) in [5, 5.41) is 8.59. The zero-order valence-electron chi connectivity index (χ0n) is 13.9. The SMILES string of the molecule is CC(=C=CC#N)CN(S(=O)(=O)c1ccccc1)S(=O)(=O)c1ccccc1. The molecule has 8 heteroatoms. The Bertz CT molecular complexity index is 1010. The van der Waals surface area contributed by atoms with Crippen LogP contribution in [0.1, 0.15) is 6.92 Å². The highest BCUT2D eigenvalue weighted by Crippen LogP contribution is 2.25. The number of nitriles is 1. The largest absolute Gasteiger partial charge is 0.256 e. The van der Waals surface area contributed by atoms with Crippen molar-refractivity contribution < 1.29 is 16.8 Å². The van der Waals surface area contributed by atoms with E-state index in [0.717, 1.165) is 6.08 Å². The Hall–Kier alpha value is -2.69. The third kappa shape index (κ3) is 4.28. The monoisotopic (exact) mass is 388 g/mol. The number of benzene rings is 2. The highest BCUT2D eigenvalue weighted by atomic mass is 32.3. The molecule has 0 amide bonds. The molecule has 0 N–H and O–H groups in total. The van der Waals surface area contributed by atoms with Crippen molar-refractivity contribution in [1.29, 1.82) is 5.26 Å².